The zero-order valence-electron chi connectivity index (χ0n) is 16.0. The Kier molecular flexibility index (Phi) is 4.56. The van der Waals surface area contributed by atoms with Crippen molar-refractivity contribution in [2.24, 2.45) is 0 Å². The van der Waals surface area contributed by atoms with Crippen molar-refractivity contribution >= 4 is 48.9 Å². The number of rotatable bonds is 2. The SMILES string of the molecule is Nc1ncnc2c1sc1cc(C3=CC(C(=O)N4CCCC(O)C4)=CCC3)ccc12. The molecule has 1 atom stereocenters. The number of anilines is 1. The molecule has 29 heavy (non-hydrogen) atoms. The highest BCUT2D eigenvalue weighted by Gasteiger charge is 2.25. The Labute approximate surface area is 172 Å². The number of aliphatic hydroxyl groups excluding tert-OH is 1. The van der Waals surface area contributed by atoms with Crippen LogP contribution in [0.4, 0.5) is 5.82 Å². The van der Waals surface area contributed by atoms with E-state index in [2.05, 4.69) is 28.2 Å². The van der Waals surface area contributed by atoms with Gasteiger partial charge in [0, 0.05) is 28.7 Å². The number of piperidine rings is 1. The number of nitrogens with two attached hydrogens (primary N) is 1. The first-order valence-corrected chi connectivity index (χ1v) is 10.7. The number of thiophene rings is 1. The number of carbonyl (C=O) groups is 1. The van der Waals surface area contributed by atoms with E-state index in [1.807, 2.05) is 12.2 Å². The van der Waals surface area contributed by atoms with Crippen LogP contribution in [0.5, 0.6) is 0 Å². The molecule has 1 amide bonds. The number of amides is 1. The lowest BCUT2D eigenvalue weighted by Crippen LogP contribution is -2.42. The molecule has 6 nitrogen and oxygen atoms in total. The molecule has 1 aliphatic carbocycles. The van der Waals surface area contributed by atoms with E-state index in [0.717, 1.165) is 62.7 Å². The van der Waals surface area contributed by atoms with Gasteiger partial charge < -0.3 is 15.7 Å². The van der Waals surface area contributed by atoms with Gasteiger partial charge in [0.05, 0.1) is 16.3 Å². The van der Waals surface area contributed by atoms with E-state index in [1.54, 1.807) is 16.2 Å². The van der Waals surface area contributed by atoms with Crippen LogP contribution in [0.1, 0.15) is 31.2 Å². The number of nitrogen functional groups attached to an aromatic ring is 1. The van der Waals surface area contributed by atoms with Gasteiger partial charge in [0.15, 0.2) is 0 Å². The first-order valence-electron chi connectivity index (χ1n) is 9.91. The summed E-state index contributed by atoms with van der Waals surface area (Å²) >= 11 is 1.60. The first-order chi connectivity index (χ1) is 14.1. The van der Waals surface area contributed by atoms with E-state index in [9.17, 15) is 9.90 Å². The van der Waals surface area contributed by atoms with Crippen molar-refractivity contribution in [3.63, 3.8) is 0 Å². The second-order valence-electron chi connectivity index (χ2n) is 7.66. The molecule has 0 bridgehead atoms. The number of benzene rings is 1. The summed E-state index contributed by atoms with van der Waals surface area (Å²) in [6.45, 7) is 1.14. The Hall–Kier alpha value is -2.77. The molecule has 0 saturated carbocycles. The van der Waals surface area contributed by atoms with Crippen molar-refractivity contribution in [1.82, 2.24) is 14.9 Å². The Morgan fingerprint density at radius 1 is 1.31 bits per heavy atom. The van der Waals surface area contributed by atoms with Gasteiger partial charge in [-0.1, -0.05) is 18.2 Å². The molecule has 5 rings (SSSR count). The van der Waals surface area contributed by atoms with Gasteiger partial charge in [0.2, 0.25) is 0 Å². The van der Waals surface area contributed by atoms with E-state index in [-0.39, 0.29) is 5.91 Å². The third-order valence-electron chi connectivity index (χ3n) is 5.69. The minimum absolute atomic E-state index is 0.0203. The zero-order valence-corrected chi connectivity index (χ0v) is 16.8. The highest BCUT2D eigenvalue weighted by molar-refractivity contribution is 7.26. The van der Waals surface area contributed by atoms with Crippen LogP contribution >= 0.6 is 11.3 Å². The molecule has 1 saturated heterocycles. The van der Waals surface area contributed by atoms with Gasteiger partial charge >= 0.3 is 0 Å². The molecule has 2 aromatic heterocycles. The number of β-amino-alcohol motifs (C(OH)–C–C–N with tert-alkyl or cyclic N) is 1. The van der Waals surface area contributed by atoms with Crippen molar-refractivity contribution in [3.8, 4) is 0 Å². The van der Waals surface area contributed by atoms with Crippen LogP contribution in [-0.4, -0.2) is 45.1 Å². The van der Waals surface area contributed by atoms with Crippen molar-refractivity contribution in [2.75, 3.05) is 18.8 Å². The summed E-state index contributed by atoms with van der Waals surface area (Å²) in [5.74, 6) is 0.529. The molecule has 2 aliphatic rings. The van der Waals surface area contributed by atoms with E-state index in [4.69, 9.17) is 5.73 Å². The minimum atomic E-state index is -0.411. The fourth-order valence-corrected chi connectivity index (χ4v) is 5.29. The summed E-state index contributed by atoms with van der Waals surface area (Å²) in [6.07, 6.45) is 8.48. The van der Waals surface area contributed by atoms with Crippen molar-refractivity contribution in [2.45, 2.75) is 31.8 Å². The fourth-order valence-electron chi connectivity index (χ4n) is 4.19. The quantitative estimate of drug-likeness (QED) is 0.679. The van der Waals surface area contributed by atoms with Gasteiger partial charge in [-0.05, 0) is 49.0 Å². The predicted molar refractivity (Wildman–Crippen MR) is 116 cm³/mol. The third-order valence-corrected chi connectivity index (χ3v) is 6.85. The maximum atomic E-state index is 12.9. The number of nitrogens with zero attached hydrogens (tertiary/aromatic N) is 3. The number of hydrogen-bond acceptors (Lipinski definition) is 6. The molecule has 1 aliphatic heterocycles. The standard InChI is InChI=1S/C22H22N4O2S/c23-21-20-19(24-12-25-21)17-7-6-14(10-18(17)29-20)13-3-1-4-15(9-13)22(28)26-8-2-5-16(27)11-26/h4,6-7,9-10,12,16,27H,1-3,5,8,11H2,(H2,23,24,25). The van der Waals surface area contributed by atoms with Gasteiger partial charge in [-0.3, -0.25) is 4.79 Å². The van der Waals surface area contributed by atoms with E-state index >= 15 is 0 Å². The second kappa shape index (κ2) is 7.24. The summed E-state index contributed by atoms with van der Waals surface area (Å²) in [6, 6.07) is 6.33. The van der Waals surface area contributed by atoms with Gasteiger partial charge in [-0.25, -0.2) is 9.97 Å². The molecular weight excluding hydrogens is 384 g/mol. The number of carbonyl (C=O) groups excluding carboxylic acids is 1. The molecular formula is C22H22N4O2S. The van der Waals surface area contributed by atoms with Crippen molar-refractivity contribution in [3.05, 3.63) is 47.8 Å². The van der Waals surface area contributed by atoms with Gasteiger partial charge in [-0.15, -0.1) is 11.3 Å². The summed E-state index contributed by atoms with van der Waals surface area (Å²) in [4.78, 5) is 23.2. The average molecular weight is 407 g/mol. The lowest BCUT2D eigenvalue weighted by atomic mass is 9.92. The Balaban J connectivity index is 1.47. The van der Waals surface area contributed by atoms with Gasteiger partial charge in [0.25, 0.3) is 5.91 Å². The molecule has 3 aromatic rings. The third kappa shape index (κ3) is 3.30. The Morgan fingerprint density at radius 2 is 2.21 bits per heavy atom. The highest BCUT2D eigenvalue weighted by atomic mass is 32.1. The maximum absolute atomic E-state index is 12.9. The summed E-state index contributed by atoms with van der Waals surface area (Å²) in [5, 5.41) is 11.0. The first kappa shape index (κ1) is 18.3. The van der Waals surface area contributed by atoms with E-state index in [0.29, 0.717) is 18.9 Å². The predicted octanol–water partition coefficient (Wildman–Crippen LogP) is 3.51. The molecule has 1 fully saturated rings. The molecule has 0 radical (unpaired) electrons. The van der Waals surface area contributed by atoms with Crippen LogP contribution in [0.3, 0.4) is 0 Å². The van der Waals surface area contributed by atoms with Crippen molar-refractivity contribution in [1.29, 1.82) is 0 Å². The lowest BCUT2D eigenvalue weighted by molar-refractivity contribution is -0.129. The molecule has 3 N–H and O–H groups in total. The number of fused-ring (bicyclic) bond motifs is 3. The molecule has 7 heteroatoms. The zero-order chi connectivity index (χ0) is 20.0. The van der Waals surface area contributed by atoms with Crippen molar-refractivity contribution < 1.29 is 9.90 Å². The number of aromatic nitrogens is 2. The van der Waals surface area contributed by atoms with Crippen LogP contribution in [0.15, 0.2) is 42.3 Å². The van der Waals surface area contributed by atoms with Crippen LogP contribution < -0.4 is 5.73 Å². The number of likely N-dealkylation sites (tertiary alicyclic amines) is 1. The molecule has 1 unspecified atom stereocenters. The van der Waals surface area contributed by atoms with Gasteiger partial charge in [-0.2, -0.15) is 0 Å². The Bertz CT molecular complexity index is 1180. The van der Waals surface area contributed by atoms with Crippen LogP contribution in [0.2, 0.25) is 0 Å². The minimum Gasteiger partial charge on any atom is -0.391 e. The fraction of sp³-hybridized carbons (Fsp3) is 0.318. The molecule has 0 spiro atoms. The van der Waals surface area contributed by atoms with E-state index < -0.39 is 6.10 Å². The maximum Gasteiger partial charge on any atom is 0.253 e. The van der Waals surface area contributed by atoms with E-state index in [1.165, 1.54) is 6.33 Å². The summed E-state index contributed by atoms with van der Waals surface area (Å²) in [7, 11) is 0. The summed E-state index contributed by atoms with van der Waals surface area (Å²) in [5.41, 5.74) is 9.91. The normalized spacial score (nSPS) is 20.0. The topological polar surface area (TPSA) is 92.3 Å². The molecule has 3 heterocycles. The highest BCUT2D eigenvalue weighted by Crippen LogP contribution is 2.37. The smallest absolute Gasteiger partial charge is 0.253 e. The molecule has 1 aromatic carbocycles. The lowest BCUT2D eigenvalue weighted by Gasteiger charge is -2.31. The second-order valence-corrected chi connectivity index (χ2v) is 8.72. The van der Waals surface area contributed by atoms with Crippen LogP contribution in [0.25, 0.3) is 25.9 Å². The number of aliphatic hydroxyl groups is 1. The summed E-state index contributed by atoms with van der Waals surface area (Å²) < 4.78 is 2.03. The average Bonchev–Trinajstić information content (AvgIpc) is 3.13. The largest absolute Gasteiger partial charge is 0.391 e. The Morgan fingerprint density at radius 3 is 3.07 bits per heavy atom. The number of hydrogen-bond donors (Lipinski definition) is 2. The van der Waals surface area contributed by atoms with Gasteiger partial charge in [0.1, 0.15) is 12.1 Å². The van der Waals surface area contributed by atoms with Crippen LogP contribution in [0, 0.1) is 0 Å². The number of allylic oxidation sites excluding steroid dienone is 2. The van der Waals surface area contributed by atoms with Crippen LogP contribution in [-0.2, 0) is 4.79 Å². The molecule has 148 valence electrons. The monoisotopic (exact) mass is 406 g/mol.